The van der Waals surface area contributed by atoms with Crippen LogP contribution in [0.1, 0.15) is 0 Å². The summed E-state index contributed by atoms with van der Waals surface area (Å²) in [6, 6.07) is 83.1. The highest BCUT2D eigenvalue weighted by Gasteiger charge is 2.17. The van der Waals surface area contributed by atoms with Crippen molar-refractivity contribution in [1.29, 1.82) is 0 Å². The fraction of sp³-hybridized carbons (Fsp3) is 0. The highest BCUT2D eigenvalue weighted by molar-refractivity contribution is 6.13. The molecule has 1 N–H and O–H groups in total. The topological polar surface area (TPSA) is 12.0 Å². The zero-order valence-corrected chi connectivity index (χ0v) is 31.4. The van der Waals surface area contributed by atoms with Crippen molar-refractivity contribution in [2.75, 3.05) is 5.32 Å². The molecular weight excluding hydrogens is 687 g/mol. The predicted molar refractivity (Wildman–Crippen MR) is 244 cm³/mol. The lowest BCUT2D eigenvalue weighted by atomic mass is 9.87. The fourth-order valence-electron chi connectivity index (χ4n) is 8.45. The van der Waals surface area contributed by atoms with Gasteiger partial charge in [-0.15, -0.1) is 0 Å². The first-order chi connectivity index (χ1) is 28.3. The van der Waals surface area contributed by atoms with E-state index in [0.29, 0.717) is 0 Å². The van der Waals surface area contributed by atoms with Crippen molar-refractivity contribution >= 4 is 32.9 Å². The van der Waals surface area contributed by atoms with E-state index in [2.05, 4.69) is 236 Å². The van der Waals surface area contributed by atoms with Gasteiger partial charge in [-0.2, -0.15) is 0 Å². The number of benzene rings is 10. The Kier molecular flexibility index (Phi) is 8.95. The molecule has 1 heteroatoms. The van der Waals surface area contributed by atoms with Gasteiger partial charge in [0.1, 0.15) is 0 Å². The monoisotopic (exact) mass is 725 g/mol. The first kappa shape index (κ1) is 34.0. The van der Waals surface area contributed by atoms with Gasteiger partial charge in [-0.05, 0) is 113 Å². The Bertz CT molecular complexity index is 2800. The Morgan fingerprint density at radius 2 is 0.509 bits per heavy atom. The summed E-state index contributed by atoms with van der Waals surface area (Å²) in [4.78, 5) is 0. The molecule has 0 spiro atoms. The minimum absolute atomic E-state index is 1.04. The molecule has 0 bridgehead atoms. The van der Waals surface area contributed by atoms with Crippen LogP contribution in [-0.2, 0) is 0 Å². The smallest absolute Gasteiger partial charge is 0.0390 e. The molecule has 1 nitrogen and oxygen atoms in total. The van der Waals surface area contributed by atoms with Crippen molar-refractivity contribution in [3.63, 3.8) is 0 Å². The van der Waals surface area contributed by atoms with Crippen molar-refractivity contribution < 1.29 is 0 Å². The zero-order chi connectivity index (χ0) is 38.0. The number of rotatable bonds is 8. The van der Waals surface area contributed by atoms with Crippen molar-refractivity contribution in [2.24, 2.45) is 0 Å². The standard InChI is InChI=1S/C56H39N/c1-5-17-39(18-6-1)47-33-35-51(41-21-9-3-10-22-41)55-49(29-15-31-53(47)55)43-25-13-27-45(37-43)57-46-28-14-26-44(38-46)50-30-16-32-54-48(40-19-7-2-8-20-40)34-36-52(56(50)54)42-23-11-4-12-24-42/h1-38,57H. The number of fused-ring (bicyclic) bond motifs is 2. The van der Waals surface area contributed by atoms with Crippen LogP contribution in [0, 0.1) is 0 Å². The van der Waals surface area contributed by atoms with Crippen molar-refractivity contribution in [1.82, 2.24) is 0 Å². The van der Waals surface area contributed by atoms with E-state index in [1.54, 1.807) is 0 Å². The van der Waals surface area contributed by atoms with Crippen molar-refractivity contribution in [2.45, 2.75) is 0 Å². The molecule has 0 saturated heterocycles. The van der Waals surface area contributed by atoms with Gasteiger partial charge in [-0.3, -0.25) is 0 Å². The third-order valence-corrected chi connectivity index (χ3v) is 11.1. The lowest BCUT2D eigenvalue weighted by Gasteiger charge is -2.18. The number of hydrogen-bond donors (Lipinski definition) is 1. The Morgan fingerprint density at radius 3 is 0.895 bits per heavy atom. The summed E-state index contributed by atoms with van der Waals surface area (Å²) in [6.45, 7) is 0. The van der Waals surface area contributed by atoms with E-state index in [4.69, 9.17) is 0 Å². The number of hydrogen-bond acceptors (Lipinski definition) is 1. The molecule has 57 heavy (non-hydrogen) atoms. The second kappa shape index (κ2) is 15.0. The summed E-state index contributed by atoms with van der Waals surface area (Å²) in [6.07, 6.45) is 0. The first-order valence-electron chi connectivity index (χ1n) is 19.6. The van der Waals surface area contributed by atoms with Gasteiger partial charge < -0.3 is 5.32 Å². The van der Waals surface area contributed by atoms with E-state index < -0.39 is 0 Å². The highest BCUT2D eigenvalue weighted by atomic mass is 14.9. The largest absolute Gasteiger partial charge is 0.355 e. The Balaban J connectivity index is 1.07. The van der Waals surface area contributed by atoms with Gasteiger partial charge in [0.2, 0.25) is 0 Å². The lowest BCUT2D eigenvalue weighted by molar-refractivity contribution is 1.54. The van der Waals surface area contributed by atoms with E-state index in [1.165, 1.54) is 88.3 Å². The van der Waals surface area contributed by atoms with Crippen molar-refractivity contribution in [3.8, 4) is 66.8 Å². The quantitative estimate of drug-likeness (QED) is 0.164. The average molecular weight is 726 g/mol. The van der Waals surface area contributed by atoms with Crippen LogP contribution in [0.4, 0.5) is 11.4 Å². The molecular formula is C56H39N. The summed E-state index contributed by atoms with van der Waals surface area (Å²) in [5.41, 5.74) is 16.6. The Hall–Kier alpha value is -7.48. The van der Waals surface area contributed by atoms with E-state index in [-0.39, 0.29) is 0 Å². The fourth-order valence-corrected chi connectivity index (χ4v) is 8.45. The first-order valence-corrected chi connectivity index (χ1v) is 19.6. The van der Waals surface area contributed by atoms with Crippen LogP contribution in [0.2, 0.25) is 0 Å². The summed E-state index contributed by atoms with van der Waals surface area (Å²) in [7, 11) is 0. The van der Waals surface area contributed by atoms with Crippen LogP contribution in [0.3, 0.4) is 0 Å². The van der Waals surface area contributed by atoms with E-state index in [0.717, 1.165) is 11.4 Å². The number of nitrogens with one attached hydrogen (secondary N) is 1. The SMILES string of the molecule is c1ccc(-c2ccc(-c3ccccc3)c3c(-c4cccc(Nc5cccc(-c6cccc7c(-c8ccccc8)ccc(-c8ccccc8)c67)c5)c4)cccc23)cc1. The molecule has 0 saturated carbocycles. The van der Waals surface area contributed by atoms with Crippen LogP contribution in [0.15, 0.2) is 231 Å². The van der Waals surface area contributed by atoms with Gasteiger partial charge in [-0.1, -0.05) is 206 Å². The minimum Gasteiger partial charge on any atom is -0.355 e. The molecule has 0 amide bonds. The number of anilines is 2. The molecule has 0 unspecified atom stereocenters. The molecule has 0 atom stereocenters. The summed E-state index contributed by atoms with van der Waals surface area (Å²) in [5.74, 6) is 0. The zero-order valence-electron chi connectivity index (χ0n) is 31.4. The molecule has 0 aliphatic rings. The van der Waals surface area contributed by atoms with Crippen LogP contribution in [0.25, 0.3) is 88.3 Å². The molecule has 10 aromatic rings. The Labute approximate surface area is 334 Å². The minimum atomic E-state index is 1.04. The van der Waals surface area contributed by atoms with Crippen LogP contribution in [0.5, 0.6) is 0 Å². The second-order valence-corrected chi connectivity index (χ2v) is 14.5. The molecule has 0 radical (unpaired) electrons. The maximum atomic E-state index is 3.79. The van der Waals surface area contributed by atoms with Gasteiger partial charge in [0, 0.05) is 11.4 Å². The van der Waals surface area contributed by atoms with Gasteiger partial charge in [0.25, 0.3) is 0 Å². The molecule has 0 aromatic heterocycles. The van der Waals surface area contributed by atoms with Gasteiger partial charge in [0.15, 0.2) is 0 Å². The van der Waals surface area contributed by atoms with Gasteiger partial charge >= 0.3 is 0 Å². The third kappa shape index (κ3) is 6.56. The third-order valence-electron chi connectivity index (χ3n) is 11.1. The maximum Gasteiger partial charge on any atom is 0.0390 e. The molecule has 268 valence electrons. The van der Waals surface area contributed by atoms with Crippen LogP contribution in [-0.4, -0.2) is 0 Å². The summed E-state index contributed by atoms with van der Waals surface area (Å²) >= 11 is 0. The molecule has 0 fully saturated rings. The Morgan fingerprint density at radius 1 is 0.211 bits per heavy atom. The average Bonchev–Trinajstić information content (AvgIpc) is 3.29. The molecule has 0 aliphatic heterocycles. The van der Waals surface area contributed by atoms with E-state index in [1.807, 2.05) is 0 Å². The van der Waals surface area contributed by atoms with Crippen LogP contribution >= 0.6 is 0 Å². The summed E-state index contributed by atoms with van der Waals surface area (Å²) in [5, 5.41) is 8.78. The molecule has 10 rings (SSSR count). The lowest BCUT2D eigenvalue weighted by Crippen LogP contribution is -1.93. The van der Waals surface area contributed by atoms with E-state index in [9.17, 15) is 0 Å². The van der Waals surface area contributed by atoms with Gasteiger partial charge in [0.05, 0.1) is 0 Å². The maximum absolute atomic E-state index is 3.79. The van der Waals surface area contributed by atoms with E-state index >= 15 is 0 Å². The predicted octanol–water partition coefficient (Wildman–Crippen LogP) is 15.7. The molecule has 0 heterocycles. The molecule has 10 aromatic carbocycles. The van der Waals surface area contributed by atoms with Gasteiger partial charge in [-0.25, -0.2) is 0 Å². The highest BCUT2D eigenvalue weighted by Crippen LogP contribution is 2.43. The van der Waals surface area contributed by atoms with Crippen LogP contribution < -0.4 is 5.32 Å². The van der Waals surface area contributed by atoms with Crippen molar-refractivity contribution in [3.05, 3.63) is 231 Å². The normalized spacial score (nSPS) is 11.2. The molecule has 0 aliphatic carbocycles. The second-order valence-electron chi connectivity index (χ2n) is 14.5. The summed E-state index contributed by atoms with van der Waals surface area (Å²) < 4.78 is 0.